The monoisotopic (exact) mass is 456 g/mol. The standard InChI is InChI=1S/C27H25FN4O2/c1-14-7-15(2)9-17(8-14)32-21-11-26(3,4)12-22(33)23(21)27(19(13-29)24(32)30)18-10-16(28)5-6-20(18)31-25(27)34/h5-10H,11-12,30H2,1-4H3,(H,31,34). The number of ketones is 1. The van der Waals surface area contributed by atoms with Gasteiger partial charge in [-0.05, 0) is 67.1 Å². The van der Waals surface area contributed by atoms with Crippen molar-refractivity contribution in [2.45, 2.75) is 46.0 Å². The van der Waals surface area contributed by atoms with E-state index >= 15 is 0 Å². The molecule has 1 spiro atoms. The lowest BCUT2D eigenvalue weighted by atomic mass is 9.60. The molecule has 2 aromatic rings. The molecule has 0 saturated carbocycles. The van der Waals surface area contributed by atoms with Crippen LogP contribution in [0.5, 0.6) is 0 Å². The van der Waals surface area contributed by atoms with E-state index in [1.807, 2.05) is 45.9 Å². The van der Waals surface area contributed by atoms with Crippen molar-refractivity contribution in [2.75, 3.05) is 10.2 Å². The molecule has 2 aliphatic heterocycles. The number of hydrogen-bond acceptors (Lipinski definition) is 5. The van der Waals surface area contributed by atoms with Crippen LogP contribution >= 0.6 is 0 Å². The van der Waals surface area contributed by atoms with Gasteiger partial charge in [-0.1, -0.05) is 19.9 Å². The summed E-state index contributed by atoms with van der Waals surface area (Å²) in [6.45, 7) is 7.90. The topological polar surface area (TPSA) is 99.2 Å². The second-order valence-corrected chi connectivity index (χ2v) is 10.2. The van der Waals surface area contributed by atoms with Gasteiger partial charge in [-0.25, -0.2) is 4.39 Å². The largest absolute Gasteiger partial charge is 0.384 e. The van der Waals surface area contributed by atoms with Crippen LogP contribution in [0.2, 0.25) is 0 Å². The molecule has 0 bridgehead atoms. The molecule has 3 N–H and O–H groups in total. The fourth-order valence-corrected chi connectivity index (χ4v) is 5.77. The van der Waals surface area contributed by atoms with Crippen molar-refractivity contribution >= 4 is 23.1 Å². The van der Waals surface area contributed by atoms with E-state index in [2.05, 4.69) is 11.4 Å². The Labute approximate surface area is 197 Å². The van der Waals surface area contributed by atoms with Crippen molar-refractivity contribution < 1.29 is 14.0 Å². The van der Waals surface area contributed by atoms with Gasteiger partial charge in [0.15, 0.2) is 5.78 Å². The van der Waals surface area contributed by atoms with Gasteiger partial charge in [-0.15, -0.1) is 0 Å². The van der Waals surface area contributed by atoms with Gasteiger partial charge in [0.05, 0.1) is 5.57 Å². The molecule has 7 heteroatoms. The molecule has 34 heavy (non-hydrogen) atoms. The third kappa shape index (κ3) is 2.84. The zero-order valence-electron chi connectivity index (χ0n) is 19.5. The van der Waals surface area contributed by atoms with Crippen LogP contribution in [0.25, 0.3) is 0 Å². The molecule has 172 valence electrons. The molecule has 1 atom stereocenters. The van der Waals surface area contributed by atoms with Crippen LogP contribution in [0, 0.1) is 36.4 Å². The summed E-state index contributed by atoms with van der Waals surface area (Å²) < 4.78 is 14.4. The maximum atomic E-state index is 14.4. The maximum Gasteiger partial charge on any atom is 0.245 e. The number of nitrogens with zero attached hydrogens (tertiary/aromatic N) is 2. The van der Waals surface area contributed by atoms with Crippen molar-refractivity contribution in [1.82, 2.24) is 0 Å². The van der Waals surface area contributed by atoms with Gasteiger partial charge in [-0.2, -0.15) is 5.26 Å². The summed E-state index contributed by atoms with van der Waals surface area (Å²) in [5.41, 5.74) is 8.55. The predicted molar refractivity (Wildman–Crippen MR) is 127 cm³/mol. The summed E-state index contributed by atoms with van der Waals surface area (Å²) >= 11 is 0. The minimum absolute atomic E-state index is 0.0692. The van der Waals surface area contributed by atoms with Gasteiger partial charge >= 0.3 is 0 Å². The molecule has 3 aliphatic rings. The van der Waals surface area contributed by atoms with Crippen molar-refractivity contribution in [1.29, 1.82) is 5.26 Å². The van der Waals surface area contributed by atoms with Gasteiger partial charge in [0.2, 0.25) is 5.91 Å². The minimum atomic E-state index is -1.78. The average Bonchev–Trinajstić information content (AvgIpc) is 2.98. The van der Waals surface area contributed by atoms with Crippen LogP contribution in [0.15, 0.2) is 59.1 Å². The quantitative estimate of drug-likeness (QED) is 0.659. The molecule has 0 radical (unpaired) electrons. The second-order valence-electron chi connectivity index (χ2n) is 10.2. The lowest BCUT2D eigenvalue weighted by Crippen LogP contribution is -2.52. The van der Waals surface area contributed by atoms with Crippen LogP contribution in [-0.4, -0.2) is 11.7 Å². The molecule has 1 amide bonds. The van der Waals surface area contributed by atoms with E-state index in [9.17, 15) is 19.2 Å². The van der Waals surface area contributed by atoms with E-state index in [4.69, 9.17) is 5.73 Å². The number of hydrogen-bond donors (Lipinski definition) is 2. The highest BCUT2D eigenvalue weighted by Crippen LogP contribution is 2.57. The van der Waals surface area contributed by atoms with Gasteiger partial charge in [0.25, 0.3) is 0 Å². The highest BCUT2D eigenvalue weighted by Gasteiger charge is 2.61. The molecule has 1 aliphatic carbocycles. The number of nitriles is 1. The Hall–Kier alpha value is -3.92. The Balaban J connectivity index is 1.92. The Morgan fingerprint density at radius 1 is 1.09 bits per heavy atom. The molecule has 2 aromatic carbocycles. The molecule has 1 unspecified atom stereocenters. The third-order valence-electron chi connectivity index (χ3n) is 6.92. The number of allylic oxidation sites excluding steroid dienone is 1. The first-order valence-electron chi connectivity index (χ1n) is 11.2. The molecule has 0 aromatic heterocycles. The number of anilines is 2. The fraction of sp³-hybridized carbons (Fsp3) is 0.296. The summed E-state index contributed by atoms with van der Waals surface area (Å²) in [7, 11) is 0. The number of halogens is 1. The number of benzene rings is 2. The van der Waals surface area contributed by atoms with E-state index in [1.165, 1.54) is 18.2 Å². The van der Waals surface area contributed by atoms with Gasteiger partial charge < -0.3 is 11.1 Å². The average molecular weight is 457 g/mol. The zero-order chi connectivity index (χ0) is 24.6. The number of fused-ring (bicyclic) bond motifs is 3. The smallest absolute Gasteiger partial charge is 0.245 e. The number of nitrogens with one attached hydrogen (secondary N) is 1. The summed E-state index contributed by atoms with van der Waals surface area (Å²) in [6.07, 6.45) is 0.658. The van der Waals surface area contributed by atoms with Gasteiger partial charge in [-0.3, -0.25) is 14.5 Å². The van der Waals surface area contributed by atoms with Gasteiger partial charge in [0.1, 0.15) is 23.1 Å². The number of nitrogens with two attached hydrogens (primary N) is 1. The van der Waals surface area contributed by atoms with Crippen LogP contribution in [0.3, 0.4) is 0 Å². The first-order valence-corrected chi connectivity index (χ1v) is 11.2. The molecule has 0 saturated heterocycles. The van der Waals surface area contributed by atoms with Crippen LogP contribution in [0.1, 0.15) is 43.4 Å². The summed E-state index contributed by atoms with van der Waals surface area (Å²) in [5.74, 6) is -1.29. The second kappa shape index (κ2) is 7.04. The molecule has 5 rings (SSSR count). The van der Waals surface area contributed by atoms with Crippen molar-refractivity contribution in [3.63, 3.8) is 0 Å². The van der Waals surface area contributed by atoms with Gasteiger partial charge in [0, 0.05) is 34.6 Å². The third-order valence-corrected chi connectivity index (χ3v) is 6.92. The highest BCUT2D eigenvalue weighted by atomic mass is 19.1. The Bertz CT molecular complexity index is 1390. The van der Waals surface area contributed by atoms with E-state index in [1.54, 1.807) is 4.90 Å². The van der Waals surface area contributed by atoms with Crippen molar-refractivity contribution in [3.8, 4) is 6.07 Å². The Morgan fingerprint density at radius 3 is 2.41 bits per heavy atom. The van der Waals surface area contributed by atoms with E-state index in [0.717, 1.165) is 11.1 Å². The SMILES string of the molecule is Cc1cc(C)cc(N2C(N)=C(C#N)C3(C(=O)Nc4ccc(F)cc43)C3=C2CC(C)(C)CC3=O)c1. The van der Waals surface area contributed by atoms with Crippen LogP contribution in [-0.2, 0) is 15.0 Å². The van der Waals surface area contributed by atoms with Crippen LogP contribution in [0.4, 0.5) is 15.8 Å². The molecular weight excluding hydrogens is 431 g/mol. The Kier molecular flexibility index (Phi) is 4.53. The maximum absolute atomic E-state index is 14.4. The first-order chi connectivity index (χ1) is 16.0. The fourth-order valence-electron chi connectivity index (χ4n) is 5.77. The summed E-state index contributed by atoms with van der Waals surface area (Å²) in [4.78, 5) is 29.2. The number of Topliss-reactive ketones (excluding diaryl/α,β-unsaturated/α-hetero) is 1. The molecule has 0 fully saturated rings. The zero-order valence-corrected chi connectivity index (χ0v) is 19.5. The van der Waals surface area contributed by atoms with E-state index in [-0.39, 0.29) is 34.7 Å². The lowest BCUT2D eigenvalue weighted by Gasteiger charge is -2.46. The van der Waals surface area contributed by atoms with Crippen molar-refractivity contribution in [2.24, 2.45) is 11.1 Å². The normalized spacial score (nSPS) is 23.1. The Morgan fingerprint density at radius 2 is 1.76 bits per heavy atom. The summed E-state index contributed by atoms with van der Waals surface area (Å²) in [5, 5.41) is 13.1. The van der Waals surface area contributed by atoms with E-state index < -0.39 is 22.6 Å². The number of amides is 1. The number of carbonyl (C=O) groups is 2. The van der Waals surface area contributed by atoms with E-state index in [0.29, 0.717) is 23.5 Å². The minimum Gasteiger partial charge on any atom is -0.384 e. The number of carbonyl (C=O) groups excluding carboxylic acids is 2. The molecule has 2 heterocycles. The van der Waals surface area contributed by atoms with Crippen molar-refractivity contribution in [3.05, 3.63) is 81.6 Å². The predicted octanol–water partition coefficient (Wildman–Crippen LogP) is 4.49. The number of rotatable bonds is 1. The summed E-state index contributed by atoms with van der Waals surface area (Å²) in [6, 6.07) is 11.9. The molecular formula is C27H25FN4O2. The molecule has 6 nitrogen and oxygen atoms in total. The van der Waals surface area contributed by atoms with Crippen LogP contribution < -0.4 is 16.0 Å². The first kappa shape index (κ1) is 21.9. The lowest BCUT2D eigenvalue weighted by molar-refractivity contribution is -0.123. The highest BCUT2D eigenvalue weighted by molar-refractivity contribution is 6.20. The number of aryl methyl sites for hydroxylation is 2.